The molecule has 0 amide bonds. The second-order valence-corrected chi connectivity index (χ2v) is 7.73. The van der Waals surface area contributed by atoms with E-state index < -0.39 is 0 Å². The molecule has 0 saturated heterocycles. The van der Waals surface area contributed by atoms with Gasteiger partial charge in [-0.2, -0.15) is 4.91 Å². The molecule has 0 radical (unpaired) electrons. The second kappa shape index (κ2) is 10.2. The van der Waals surface area contributed by atoms with Crippen LogP contribution < -0.4 is 0 Å². The molecule has 0 N–H and O–H groups in total. The van der Waals surface area contributed by atoms with E-state index in [1.54, 1.807) is 0 Å². The Labute approximate surface area is 145 Å². The number of rotatable bonds is 9. The molecule has 1 aliphatic carbocycles. The van der Waals surface area contributed by atoms with Crippen molar-refractivity contribution in [3.05, 3.63) is 39.1 Å². The monoisotopic (exact) mass is 335 g/mol. The molecule has 4 atom stereocenters. The molecular formula is C20H34NOP. The van der Waals surface area contributed by atoms with Crippen LogP contribution in [0.4, 0.5) is 0 Å². The van der Waals surface area contributed by atoms with Crippen molar-refractivity contribution in [1.29, 1.82) is 0 Å². The van der Waals surface area contributed by atoms with Crippen LogP contribution in [0.15, 0.2) is 39.4 Å². The zero-order valence-electron chi connectivity index (χ0n) is 15.6. The molecule has 1 aliphatic rings. The Morgan fingerprint density at radius 1 is 1.43 bits per heavy atom. The molecule has 0 saturated carbocycles. The number of hydrogen-bond donors (Lipinski definition) is 0. The summed E-state index contributed by atoms with van der Waals surface area (Å²) in [5, 5.41) is 4.59. The maximum absolute atomic E-state index is 11.0. The smallest absolute Gasteiger partial charge is 0.117 e. The second-order valence-electron chi connectivity index (χ2n) is 7.15. The molecule has 0 heterocycles. The average Bonchev–Trinajstić information content (AvgIpc) is 2.54. The number of nitroso groups, excluding NO2 is 1. The first-order chi connectivity index (χ1) is 10.9. The van der Waals surface area contributed by atoms with Gasteiger partial charge >= 0.3 is 0 Å². The highest BCUT2D eigenvalue weighted by molar-refractivity contribution is 7.23. The van der Waals surface area contributed by atoms with Crippen molar-refractivity contribution in [3.8, 4) is 0 Å². The zero-order chi connectivity index (χ0) is 17.4. The highest BCUT2D eigenvalue weighted by Crippen LogP contribution is 2.37. The molecule has 3 heteroatoms. The van der Waals surface area contributed by atoms with Crippen molar-refractivity contribution in [2.45, 2.75) is 79.2 Å². The van der Waals surface area contributed by atoms with E-state index in [-0.39, 0.29) is 12.0 Å². The summed E-state index contributed by atoms with van der Waals surface area (Å²) in [6.07, 6.45) is 11.6. The molecule has 0 spiro atoms. The van der Waals surface area contributed by atoms with E-state index in [4.69, 9.17) is 0 Å². The molecule has 0 aromatic carbocycles. The van der Waals surface area contributed by atoms with Gasteiger partial charge in [0.15, 0.2) is 0 Å². The van der Waals surface area contributed by atoms with Crippen molar-refractivity contribution in [2.75, 3.05) is 0 Å². The molecule has 4 unspecified atom stereocenters. The van der Waals surface area contributed by atoms with Gasteiger partial charge in [0, 0.05) is 5.92 Å². The van der Waals surface area contributed by atoms with Crippen molar-refractivity contribution >= 4 is 9.24 Å². The van der Waals surface area contributed by atoms with E-state index in [2.05, 4.69) is 61.2 Å². The quantitative estimate of drug-likeness (QED) is 0.259. The highest BCUT2D eigenvalue weighted by Gasteiger charge is 2.25. The lowest BCUT2D eigenvalue weighted by Gasteiger charge is -2.26. The molecule has 0 fully saturated rings. The van der Waals surface area contributed by atoms with Gasteiger partial charge in [-0.3, -0.25) is 0 Å². The highest BCUT2D eigenvalue weighted by atomic mass is 31.0. The van der Waals surface area contributed by atoms with Gasteiger partial charge in [-0.25, -0.2) is 0 Å². The van der Waals surface area contributed by atoms with Crippen LogP contribution in [0.5, 0.6) is 0 Å². The summed E-state index contributed by atoms with van der Waals surface area (Å²) in [6, 6.07) is -0.186. The van der Waals surface area contributed by atoms with Crippen LogP contribution >= 0.6 is 9.24 Å². The first-order valence-corrected chi connectivity index (χ1v) is 9.63. The maximum atomic E-state index is 11.0. The van der Waals surface area contributed by atoms with Crippen molar-refractivity contribution in [2.24, 2.45) is 17.0 Å². The Morgan fingerprint density at radius 2 is 2.13 bits per heavy atom. The van der Waals surface area contributed by atoms with Gasteiger partial charge in [-0.05, 0) is 62.8 Å². The molecule has 0 aromatic heterocycles. The molecule has 23 heavy (non-hydrogen) atoms. The van der Waals surface area contributed by atoms with Gasteiger partial charge in [0.1, 0.15) is 6.04 Å². The minimum atomic E-state index is -0.186. The summed E-state index contributed by atoms with van der Waals surface area (Å²) in [5.74, 6) is 0.994. The summed E-state index contributed by atoms with van der Waals surface area (Å²) in [5.41, 5.74) is 4.11. The van der Waals surface area contributed by atoms with Crippen LogP contribution in [0.3, 0.4) is 0 Å². The molecule has 0 aromatic rings. The Bertz CT molecular complexity index is 490. The Morgan fingerprint density at radius 3 is 2.74 bits per heavy atom. The fraction of sp³-hybridized carbons (Fsp3) is 0.700. The third-order valence-corrected chi connectivity index (χ3v) is 6.14. The molecule has 1 rings (SSSR count). The first kappa shape index (κ1) is 20.3. The summed E-state index contributed by atoms with van der Waals surface area (Å²) >= 11 is 0. The third-order valence-electron chi connectivity index (χ3n) is 5.31. The maximum Gasteiger partial charge on any atom is 0.117 e. The van der Waals surface area contributed by atoms with Gasteiger partial charge in [0.25, 0.3) is 0 Å². The van der Waals surface area contributed by atoms with Gasteiger partial charge in [0.2, 0.25) is 0 Å². The van der Waals surface area contributed by atoms with Crippen LogP contribution in [-0.2, 0) is 0 Å². The van der Waals surface area contributed by atoms with Crippen LogP contribution in [0, 0.1) is 16.7 Å². The number of hydrogen-bond acceptors (Lipinski definition) is 2. The predicted molar refractivity (Wildman–Crippen MR) is 106 cm³/mol. The Hall–Kier alpha value is -0.750. The standard InChI is InChI=1S/C20H34NOP/c1-6-14(2)9-7-10-15(3)11-8-12-18-13-19(21-22)16(4)17(5)20(18)23/h9,13,15-16,19H,6-8,10-12,23H2,1-5H3/b14-9+. The van der Waals surface area contributed by atoms with Crippen molar-refractivity contribution in [1.82, 2.24) is 0 Å². The van der Waals surface area contributed by atoms with E-state index in [1.807, 2.05) is 0 Å². The number of nitrogens with zero attached hydrogens (tertiary/aromatic N) is 1. The van der Waals surface area contributed by atoms with Gasteiger partial charge < -0.3 is 0 Å². The van der Waals surface area contributed by atoms with Crippen molar-refractivity contribution < 1.29 is 0 Å². The summed E-state index contributed by atoms with van der Waals surface area (Å²) in [7, 11) is 2.87. The average molecular weight is 335 g/mol. The van der Waals surface area contributed by atoms with E-state index >= 15 is 0 Å². The van der Waals surface area contributed by atoms with E-state index in [1.165, 1.54) is 47.7 Å². The normalized spacial score (nSPS) is 23.7. The first-order valence-electron chi connectivity index (χ1n) is 9.06. The van der Waals surface area contributed by atoms with Gasteiger partial charge in [0.05, 0.1) is 0 Å². The minimum Gasteiger partial charge on any atom is -0.150 e. The van der Waals surface area contributed by atoms with E-state index in [9.17, 15) is 4.91 Å². The zero-order valence-corrected chi connectivity index (χ0v) is 16.7. The fourth-order valence-electron chi connectivity index (χ4n) is 3.08. The van der Waals surface area contributed by atoms with Gasteiger partial charge in [-0.1, -0.05) is 55.7 Å². The molecule has 0 bridgehead atoms. The lowest BCUT2D eigenvalue weighted by atomic mass is 9.85. The van der Waals surface area contributed by atoms with E-state index in [0.29, 0.717) is 0 Å². The molecular weight excluding hydrogens is 301 g/mol. The Balaban J connectivity index is 2.44. The van der Waals surface area contributed by atoms with Crippen LogP contribution in [0.1, 0.15) is 73.1 Å². The SMILES string of the molecule is CC/C(C)=C/CCC(C)CCCC1=CC(N=O)C(C)C(C)=C1P. The van der Waals surface area contributed by atoms with E-state index in [0.717, 1.165) is 18.8 Å². The Kier molecular flexibility index (Phi) is 8.99. The van der Waals surface area contributed by atoms with Crippen molar-refractivity contribution in [3.63, 3.8) is 0 Å². The van der Waals surface area contributed by atoms with Crippen LogP contribution in [0.25, 0.3) is 0 Å². The lowest BCUT2D eigenvalue weighted by molar-refractivity contribution is 0.477. The topological polar surface area (TPSA) is 29.4 Å². The minimum absolute atomic E-state index is 0.186. The van der Waals surface area contributed by atoms with Gasteiger partial charge in [-0.15, -0.1) is 9.24 Å². The summed E-state index contributed by atoms with van der Waals surface area (Å²) in [6.45, 7) is 11.0. The molecule has 2 nitrogen and oxygen atoms in total. The number of allylic oxidation sites excluding steroid dienone is 4. The summed E-state index contributed by atoms with van der Waals surface area (Å²) in [4.78, 5) is 11.0. The van der Waals surface area contributed by atoms with Crippen LogP contribution in [0.2, 0.25) is 0 Å². The summed E-state index contributed by atoms with van der Waals surface area (Å²) < 4.78 is 0. The third kappa shape index (κ3) is 6.34. The molecule has 0 aliphatic heterocycles. The van der Waals surface area contributed by atoms with Crippen LogP contribution in [-0.4, -0.2) is 6.04 Å². The fourth-order valence-corrected chi connectivity index (χ4v) is 3.58. The lowest BCUT2D eigenvalue weighted by Crippen LogP contribution is -2.19. The predicted octanol–water partition coefficient (Wildman–Crippen LogP) is 6.79. The largest absolute Gasteiger partial charge is 0.150 e. The molecule has 130 valence electrons.